The van der Waals surface area contributed by atoms with Gasteiger partial charge in [-0.3, -0.25) is 0 Å². The Morgan fingerprint density at radius 2 is 2.12 bits per heavy atom. The second-order valence-electron chi connectivity index (χ2n) is 3.51. The summed E-state index contributed by atoms with van der Waals surface area (Å²) in [5.74, 6) is 0. The molecule has 0 aliphatic rings. The summed E-state index contributed by atoms with van der Waals surface area (Å²) in [7, 11) is 0. The van der Waals surface area contributed by atoms with Crippen molar-refractivity contribution in [3.8, 4) is 0 Å². The SMILES string of the molecule is Cc1cccc(C(O)c2sccc2Br)c1Cl. The second kappa shape index (κ2) is 4.88. The van der Waals surface area contributed by atoms with Gasteiger partial charge in [0.15, 0.2) is 0 Å². The molecule has 84 valence electrons. The highest BCUT2D eigenvalue weighted by molar-refractivity contribution is 9.10. The highest BCUT2D eigenvalue weighted by atomic mass is 79.9. The van der Waals surface area contributed by atoms with Gasteiger partial charge in [0.25, 0.3) is 0 Å². The Morgan fingerprint density at radius 1 is 1.38 bits per heavy atom. The summed E-state index contributed by atoms with van der Waals surface area (Å²) in [6, 6.07) is 7.61. The largest absolute Gasteiger partial charge is 0.383 e. The Morgan fingerprint density at radius 3 is 2.75 bits per heavy atom. The van der Waals surface area contributed by atoms with Crippen LogP contribution in [0.25, 0.3) is 0 Å². The molecule has 0 saturated carbocycles. The lowest BCUT2D eigenvalue weighted by molar-refractivity contribution is 0.223. The van der Waals surface area contributed by atoms with E-state index in [-0.39, 0.29) is 0 Å². The van der Waals surface area contributed by atoms with Crippen molar-refractivity contribution in [3.05, 3.63) is 55.1 Å². The minimum atomic E-state index is -0.665. The first-order valence-electron chi connectivity index (χ1n) is 4.77. The summed E-state index contributed by atoms with van der Waals surface area (Å²) in [4.78, 5) is 0.882. The van der Waals surface area contributed by atoms with Crippen LogP contribution in [0, 0.1) is 6.92 Å². The lowest BCUT2D eigenvalue weighted by atomic mass is 10.1. The van der Waals surface area contributed by atoms with Gasteiger partial charge in [-0.1, -0.05) is 29.8 Å². The van der Waals surface area contributed by atoms with Crippen molar-refractivity contribution in [1.82, 2.24) is 0 Å². The van der Waals surface area contributed by atoms with Gasteiger partial charge in [0, 0.05) is 15.1 Å². The normalized spacial score (nSPS) is 12.8. The molecule has 1 aromatic heterocycles. The standard InChI is InChI=1S/C12H10BrClOS/c1-7-3-2-4-8(10(7)14)11(15)12-9(13)5-6-16-12/h2-6,11,15H,1H3. The zero-order valence-corrected chi connectivity index (χ0v) is 11.7. The number of hydrogen-bond acceptors (Lipinski definition) is 2. The average molecular weight is 318 g/mol. The smallest absolute Gasteiger partial charge is 0.116 e. The first kappa shape index (κ1) is 12.1. The molecule has 0 radical (unpaired) electrons. The highest BCUT2D eigenvalue weighted by Crippen LogP contribution is 2.36. The first-order valence-corrected chi connectivity index (χ1v) is 6.82. The molecule has 0 aliphatic heterocycles. The number of aliphatic hydroxyl groups excluding tert-OH is 1. The van der Waals surface area contributed by atoms with E-state index in [1.165, 1.54) is 11.3 Å². The van der Waals surface area contributed by atoms with E-state index in [9.17, 15) is 5.11 Å². The lowest BCUT2D eigenvalue weighted by Crippen LogP contribution is -1.99. The predicted molar refractivity (Wildman–Crippen MR) is 72.3 cm³/mol. The van der Waals surface area contributed by atoms with Crippen molar-refractivity contribution < 1.29 is 5.11 Å². The Labute approximate surface area is 112 Å². The van der Waals surface area contributed by atoms with Crippen LogP contribution in [0.15, 0.2) is 34.1 Å². The summed E-state index contributed by atoms with van der Waals surface area (Å²) >= 11 is 11.1. The molecule has 2 rings (SSSR count). The minimum absolute atomic E-state index is 0.635. The molecule has 0 bridgehead atoms. The zero-order chi connectivity index (χ0) is 11.7. The van der Waals surface area contributed by atoms with E-state index in [1.54, 1.807) is 0 Å². The van der Waals surface area contributed by atoms with Crippen LogP contribution in [0.4, 0.5) is 0 Å². The molecular weight excluding hydrogens is 308 g/mol. The van der Waals surface area contributed by atoms with Crippen LogP contribution in [-0.2, 0) is 0 Å². The third-order valence-corrected chi connectivity index (χ3v) is 4.85. The van der Waals surface area contributed by atoms with Gasteiger partial charge in [0.1, 0.15) is 6.10 Å². The average Bonchev–Trinajstić information content (AvgIpc) is 2.68. The van der Waals surface area contributed by atoms with Gasteiger partial charge in [-0.2, -0.15) is 0 Å². The maximum Gasteiger partial charge on any atom is 0.116 e. The molecule has 1 unspecified atom stereocenters. The maximum atomic E-state index is 10.3. The Kier molecular flexibility index (Phi) is 3.70. The van der Waals surface area contributed by atoms with E-state index in [0.29, 0.717) is 5.02 Å². The Hall–Kier alpha value is -0.350. The van der Waals surface area contributed by atoms with Crippen LogP contribution in [0.5, 0.6) is 0 Å². The van der Waals surface area contributed by atoms with Crippen LogP contribution in [0.2, 0.25) is 5.02 Å². The zero-order valence-electron chi connectivity index (χ0n) is 8.58. The number of benzene rings is 1. The number of halogens is 2. The molecule has 1 N–H and O–H groups in total. The monoisotopic (exact) mass is 316 g/mol. The second-order valence-corrected chi connectivity index (χ2v) is 5.69. The van der Waals surface area contributed by atoms with Crippen molar-refractivity contribution in [2.75, 3.05) is 0 Å². The van der Waals surface area contributed by atoms with Crippen molar-refractivity contribution in [1.29, 1.82) is 0 Å². The maximum absolute atomic E-state index is 10.3. The number of thiophene rings is 1. The first-order chi connectivity index (χ1) is 7.61. The van der Waals surface area contributed by atoms with Crippen molar-refractivity contribution in [2.45, 2.75) is 13.0 Å². The lowest BCUT2D eigenvalue weighted by Gasteiger charge is -2.13. The van der Waals surface area contributed by atoms with Crippen molar-refractivity contribution in [3.63, 3.8) is 0 Å². The number of aryl methyl sites for hydroxylation is 1. The fourth-order valence-corrected chi connectivity index (χ4v) is 3.34. The van der Waals surface area contributed by atoms with Crippen LogP contribution in [0.3, 0.4) is 0 Å². The van der Waals surface area contributed by atoms with Crippen LogP contribution >= 0.6 is 38.9 Å². The number of rotatable bonds is 2. The Balaban J connectivity index is 2.46. The molecule has 16 heavy (non-hydrogen) atoms. The van der Waals surface area contributed by atoms with E-state index in [0.717, 1.165) is 20.5 Å². The van der Waals surface area contributed by atoms with Crippen molar-refractivity contribution in [2.24, 2.45) is 0 Å². The minimum Gasteiger partial charge on any atom is -0.383 e. The van der Waals surface area contributed by atoms with Crippen LogP contribution < -0.4 is 0 Å². The molecule has 2 aromatic rings. The third-order valence-electron chi connectivity index (χ3n) is 2.41. The predicted octanol–water partition coefficient (Wildman–Crippen LogP) is 4.55. The van der Waals surface area contributed by atoms with E-state index < -0.39 is 6.10 Å². The molecule has 1 nitrogen and oxygen atoms in total. The number of hydrogen-bond donors (Lipinski definition) is 1. The molecule has 0 aliphatic carbocycles. The molecule has 1 atom stereocenters. The van der Waals surface area contributed by atoms with Gasteiger partial charge in [-0.15, -0.1) is 11.3 Å². The molecule has 1 heterocycles. The van der Waals surface area contributed by atoms with Gasteiger partial charge < -0.3 is 5.11 Å². The van der Waals surface area contributed by atoms with E-state index in [4.69, 9.17) is 11.6 Å². The molecule has 4 heteroatoms. The van der Waals surface area contributed by atoms with Gasteiger partial charge in [0.05, 0.1) is 4.88 Å². The third kappa shape index (κ3) is 2.18. The van der Waals surface area contributed by atoms with Gasteiger partial charge in [-0.25, -0.2) is 0 Å². The molecule has 0 amide bonds. The Bertz CT molecular complexity index is 509. The van der Waals surface area contributed by atoms with Gasteiger partial charge >= 0.3 is 0 Å². The molecule has 0 saturated heterocycles. The highest BCUT2D eigenvalue weighted by Gasteiger charge is 2.18. The quantitative estimate of drug-likeness (QED) is 0.861. The molecule has 0 spiro atoms. The van der Waals surface area contributed by atoms with Gasteiger partial charge in [0.2, 0.25) is 0 Å². The molecular formula is C12H10BrClOS. The summed E-state index contributed by atoms with van der Waals surface area (Å²) in [5, 5.41) is 12.8. The van der Waals surface area contributed by atoms with E-state index in [1.807, 2.05) is 36.6 Å². The molecule has 0 fully saturated rings. The number of aliphatic hydroxyl groups is 1. The van der Waals surface area contributed by atoms with Crippen LogP contribution in [0.1, 0.15) is 22.1 Å². The summed E-state index contributed by atoms with van der Waals surface area (Å²) in [5.41, 5.74) is 1.73. The summed E-state index contributed by atoms with van der Waals surface area (Å²) < 4.78 is 0.919. The van der Waals surface area contributed by atoms with Gasteiger partial charge in [-0.05, 0) is 39.9 Å². The fourth-order valence-electron chi connectivity index (χ4n) is 1.52. The van der Waals surface area contributed by atoms with Crippen molar-refractivity contribution >= 4 is 38.9 Å². The topological polar surface area (TPSA) is 20.2 Å². The summed E-state index contributed by atoms with van der Waals surface area (Å²) in [6.45, 7) is 1.93. The molecule has 1 aromatic carbocycles. The van der Waals surface area contributed by atoms with E-state index in [2.05, 4.69) is 15.9 Å². The fraction of sp³-hybridized carbons (Fsp3) is 0.167. The summed E-state index contributed by atoms with van der Waals surface area (Å²) in [6.07, 6.45) is -0.665. The van der Waals surface area contributed by atoms with E-state index >= 15 is 0 Å². The van der Waals surface area contributed by atoms with Crippen LogP contribution in [-0.4, -0.2) is 5.11 Å².